The lowest BCUT2D eigenvalue weighted by molar-refractivity contribution is 0.117. The number of rotatable bonds is 6. The first-order valence-electron chi connectivity index (χ1n) is 8.04. The molecule has 1 atom stereocenters. The van der Waals surface area contributed by atoms with Gasteiger partial charge in [-0.25, -0.2) is 0 Å². The molecule has 0 spiro atoms. The van der Waals surface area contributed by atoms with Crippen molar-refractivity contribution < 1.29 is 4.52 Å². The van der Waals surface area contributed by atoms with Crippen LogP contribution in [0.1, 0.15) is 38.1 Å². The molecule has 120 valence electrons. The van der Waals surface area contributed by atoms with E-state index >= 15 is 0 Å². The molecule has 2 aromatic heterocycles. The van der Waals surface area contributed by atoms with Crippen molar-refractivity contribution in [1.82, 2.24) is 20.4 Å². The first kappa shape index (κ1) is 15.6. The zero-order valence-electron chi connectivity index (χ0n) is 13.3. The van der Waals surface area contributed by atoms with Gasteiger partial charge in [0.2, 0.25) is 11.7 Å². The summed E-state index contributed by atoms with van der Waals surface area (Å²) in [6.45, 7) is 5.52. The molecule has 1 unspecified atom stereocenters. The van der Waals surface area contributed by atoms with Gasteiger partial charge in [0.15, 0.2) is 0 Å². The summed E-state index contributed by atoms with van der Waals surface area (Å²) in [5, 5.41) is 9.40. The van der Waals surface area contributed by atoms with Crippen LogP contribution >= 0.6 is 11.3 Å². The number of piperidine rings is 1. The summed E-state index contributed by atoms with van der Waals surface area (Å²) in [5.41, 5.74) is 0. The highest BCUT2D eigenvalue weighted by atomic mass is 32.1. The molecule has 5 nitrogen and oxygen atoms in total. The molecule has 0 radical (unpaired) electrons. The monoisotopic (exact) mass is 320 g/mol. The lowest BCUT2D eigenvalue weighted by Gasteiger charge is -2.34. The maximum atomic E-state index is 5.49. The Bertz CT molecular complexity index is 560. The highest BCUT2D eigenvalue weighted by Gasteiger charge is 2.26. The molecule has 1 aliphatic heterocycles. The molecule has 0 aromatic carbocycles. The van der Waals surface area contributed by atoms with E-state index in [0.717, 1.165) is 36.3 Å². The van der Waals surface area contributed by atoms with E-state index < -0.39 is 0 Å². The number of likely N-dealkylation sites (tertiary alicyclic amines) is 1. The fraction of sp³-hybridized carbons (Fsp3) is 0.625. The third-order valence-electron chi connectivity index (χ3n) is 4.54. The Labute approximate surface area is 135 Å². The molecule has 6 heteroatoms. The van der Waals surface area contributed by atoms with E-state index in [4.69, 9.17) is 4.52 Å². The van der Waals surface area contributed by atoms with Gasteiger partial charge in [0.25, 0.3) is 0 Å². The fourth-order valence-corrected chi connectivity index (χ4v) is 3.69. The average molecular weight is 320 g/mol. The summed E-state index contributed by atoms with van der Waals surface area (Å²) in [6.07, 6.45) is 3.80. The summed E-state index contributed by atoms with van der Waals surface area (Å²) in [5.74, 6) is 2.29. The first-order chi connectivity index (χ1) is 10.8. The van der Waals surface area contributed by atoms with Gasteiger partial charge in [0, 0.05) is 0 Å². The Kier molecular flexibility index (Phi) is 5.23. The van der Waals surface area contributed by atoms with Crippen LogP contribution in [-0.2, 0) is 0 Å². The summed E-state index contributed by atoms with van der Waals surface area (Å²) in [4.78, 5) is 8.10. The summed E-state index contributed by atoms with van der Waals surface area (Å²) in [6, 6.07) is 4.23. The molecule has 1 saturated heterocycles. The lowest BCUT2D eigenvalue weighted by Crippen LogP contribution is -2.36. The predicted octanol–water partition coefficient (Wildman–Crippen LogP) is 3.18. The van der Waals surface area contributed by atoms with Crippen molar-refractivity contribution in [3.63, 3.8) is 0 Å². The quantitative estimate of drug-likeness (QED) is 0.886. The number of hydrogen-bond acceptors (Lipinski definition) is 6. The Morgan fingerprint density at radius 1 is 1.45 bits per heavy atom. The van der Waals surface area contributed by atoms with Gasteiger partial charge in [-0.3, -0.25) is 4.90 Å². The van der Waals surface area contributed by atoms with E-state index in [1.54, 1.807) is 11.3 Å². The molecular weight excluding hydrogens is 296 g/mol. The van der Waals surface area contributed by atoms with Crippen molar-refractivity contribution in [2.24, 2.45) is 5.92 Å². The second kappa shape index (κ2) is 7.35. The third-order valence-corrected chi connectivity index (χ3v) is 5.41. The summed E-state index contributed by atoms with van der Waals surface area (Å²) >= 11 is 1.64. The van der Waals surface area contributed by atoms with Gasteiger partial charge >= 0.3 is 0 Å². The number of hydrogen-bond donors (Lipinski definition) is 1. The minimum Gasteiger partial charge on any atom is -0.337 e. The van der Waals surface area contributed by atoms with Crippen LogP contribution < -0.4 is 5.32 Å². The highest BCUT2D eigenvalue weighted by Crippen LogP contribution is 2.29. The number of thiophene rings is 1. The van der Waals surface area contributed by atoms with Crippen LogP contribution in [0.15, 0.2) is 22.0 Å². The lowest BCUT2D eigenvalue weighted by atomic mass is 9.93. The van der Waals surface area contributed by atoms with E-state index in [2.05, 4.69) is 27.3 Å². The molecule has 3 heterocycles. The maximum Gasteiger partial charge on any atom is 0.244 e. The van der Waals surface area contributed by atoms with Gasteiger partial charge < -0.3 is 9.84 Å². The van der Waals surface area contributed by atoms with E-state index in [1.807, 2.05) is 24.6 Å². The molecule has 22 heavy (non-hydrogen) atoms. The van der Waals surface area contributed by atoms with Crippen LogP contribution in [0, 0.1) is 5.92 Å². The van der Waals surface area contributed by atoms with Crippen LogP contribution in [0.2, 0.25) is 0 Å². The minimum absolute atomic E-state index is 0.200. The van der Waals surface area contributed by atoms with Crippen molar-refractivity contribution in [2.45, 2.75) is 32.2 Å². The topological polar surface area (TPSA) is 54.2 Å². The van der Waals surface area contributed by atoms with Crippen LogP contribution in [0.25, 0.3) is 10.7 Å². The van der Waals surface area contributed by atoms with Gasteiger partial charge in [-0.2, -0.15) is 4.98 Å². The van der Waals surface area contributed by atoms with Gasteiger partial charge in [0.1, 0.15) is 0 Å². The average Bonchev–Trinajstić information content (AvgIpc) is 3.23. The largest absolute Gasteiger partial charge is 0.337 e. The predicted molar refractivity (Wildman–Crippen MR) is 88.9 cm³/mol. The van der Waals surface area contributed by atoms with Crippen molar-refractivity contribution >= 4 is 11.3 Å². The third kappa shape index (κ3) is 3.56. The second-order valence-corrected chi connectivity index (χ2v) is 6.93. The number of nitrogens with zero attached hydrogens (tertiary/aromatic N) is 3. The van der Waals surface area contributed by atoms with Crippen molar-refractivity contribution in [3.8, 4) is 10.7 Å². The fourth-order valence-electron chi connectivity index (χ4n) is 3.04. The van der Waals surface area contributed by atoms with Crippen LogP contribution in [0.4, 0.5) is 0 Å². The highest BCUT2D eigenvalue weighted by molar-refractivity contribution is 7.13. The smallest absolute Gasteiger partial charge is 0.244 e. The Morgan fingerprint density at radius 3 is 2.95 bits per heavy atom. The van der Waals surface area contributed by atoms with Gasteiger partial charge in [-0.15, -0.1) is 11.3 Å². The Morgan fingerprint density at radius 2 is 2.27 bits per heavy atom. The minimum atomic E-state index is 0.200. The van der Waals surface area contributed by atoms with Gasteiger partial charge in [-0.1, -0.05) is 11.2 Å². The SMILES string of the molecule is CNCCC1CCN(C(C)c2nc(-c3cccs3)no2)CC1. The van der Waals surface area contributed by atoms with Crippen molar-refractivity contribution in [2.75, 3.05) is 26.7 Å². The van der Waals surface area contributed by atoms with E-state index in [1.165, 1.54) is 19.3 Å². The van der Waals surface area contributed by atoms with Crippen LogP contribution in [0.3, 0.4) is 0 Å². The van der Waals surface area contributed by atoms with Crippen molar-refractivity contribution in [1.29, 1.82) is 0 Å². The molecular formula is C16H24N4OS. The zero-order chi connectivity index (χ0) is 15.4. The second-order valence-electron chi connectivity index (χ2n) is 5.98. The molecule has 2 aromatic rings. The molecule has 3 rings (SSSR count). The molecule has 0 aliphatic carbocycles. The van der Waals surface area contributed by atoms with Crippen molar-refractivity contribution in [3.05, 3.63) is 23.4 Å². The molecule has 1 fully saturated rings. The van der Waals surface area contributed by atoms with E-state index in [9.17, 15) is 0 Å². The van der Waals surface area contributed by atoms with Crippen LogP contribution in [0.5, 0.6) is 0 Å². The maximum absolute atomic E-state index is 5.49. The first-order valence-corrected chi connectivity index (χ1v) is 8.92. The summed E-state index contributed by atoms with van der Waals surface area (Å²) in [7, 11) is 2.03. The number of nitrogens with one attached hydrogen (secondary N) is 1. The van der Waals surface area contributed by atoms with Crippen LogP contribution in [-0.4, -0.2) is 41.7 Å². The number of aromatic nitrogens is 2. The molecule has 0 bridgehead atoms. The zero-order valence-corrected chi connectivity index (χ0v) is 14.1. The molecule has 1 aliphatic rings. The normalized spacial score (nSPS) is 18.6. The Balaban J connectivity index is 1.57. The van der Waals surface area contributed by atoms with Gasteiger partial charge in [0.05, 0.1) is 10.9 Å². The summed E-state index contributed by atoms with van der Waals surface area (Å²) < 4.78 is 5.49. The van der Waals surface area contributed by atoms with E-state index in [-0.39, 0.29) is 6.04 Å². The standard InChI is InChI=1S/C16H24N4OS/c1-12(20-9-6-13(7-10-20)5-8-17-2)16-18-15(19-21-16)14-4-3-11-22-14/h3-4,11-13,17H,5-10H2,1-2H3. The van der Waals surface area contributed by atoms with E-state index in [0.29, 0.717) is 5.82 Å². The molecule has 0 amide bonds. The molecule has 0 saturated carbocycles. The Hall–Kier alpha value is -1.24. The van der Waals surface area contributed by atoms with Gasteiger partial charge in [-0.05, 0) is 70.2 Å². The molecule has 1 N–H and O–H groups in total.